The highest BCUT2D eigenvalue weighted by atomic mass is 32.2. The number of thiazole rings is 1. The van der Waals surface area contributed by atoms with Crippen molar-refractivity contribution >= 4 is 39.2 Å². The molecular weight excluding hydrogens is 508 g/mol. The number of ether oxygens (including phenoxy) is 1. The molecule has 3 aromatic rings. The third-order valence-corrected chi connectivity index (χ3v) is 9.01. The lowest BCUT2D eigenvalue weighted by molar-refractivity contribution is 0.0831. The average Bonchev–Trinajstić information content (AvgIpc) is 3.36. The molecule has 8 nitrogen and oxygen atoms in total. The minimum Gasteiger partial charge on any atom is -0.487 e. The van der Waals surface area contributed by atoms with Crippen LogP contribution in [0.4, 0.5) is 5.69 Å². The van der Waals surface area contributed by atoms with Crippen molar-refractivity contribution in [3.8, 4) is 5.75 Å². The molecule has 10 heteroatoms. The molecule has 1 aliphatic heterocycles. The zero-order chi connectivity index (χ0) is 27.0. The van der Waals surface area contributed by atoms with Gasteiger partial charge in [0, 0.05) is 17.3 Å². The monoisotopic (exact) mass is 540 g/mol. The molecule has 2 aromatic carbocycles. The fourth-order valence-electron chi connectivity index (χ4n) is 4.60. The van der Waals surface area contributed by atoms with E-state index in [1.165, 1.54) is 17.7 Å². The number of hydrogen-bond acceptors (Lipinski definition) is 7. The Morgan fingerprint density at radius 2 is 2.03 bits per heavy atom. The number of Topliss-reactive ketones (excluding diaryl/α,β-unsaturated/α-hetero) is 1. The van der Waals surface area contributed by atoms with E-state index >= 15 is 0 Å². The summed E-state index contributed by atoms with van der Waals surface area (Å²) in [7, 11) is -3.96. The SMILES string of the molecule is Cc1c(C)c(S(=O)(=O)N=CNc2cccc(C[C@H](N)C(=O)c3nccs3)c2)c(C)c2c1OC(C)(C)CC2. The fourth-order valence-corrected chi connectivity index (χ4v) is 6.58. The second-order valence-corrected chi connectivity index (χ2v) is 12.4. The molecule has 196 valence electrons. The molecule has 1 atom stereocenters. The largest absolute Gasteiger partial charge is 0.487 e. The summed E-state index contributed by atoms with van der Waals surface area (Å²) >= 11 is 1.26. The van der Waals surface area contributed by atoms with Gasteiger partial charge >= 0.3 is 0 Å². The number of rotatable bonds is 8. The number of hydrogen-bond donors (Lipinski definition) is 2. The number of carbonyl (C=O) groups excluding carboxylic acids is 1. The van der Waals surface area contributed by atoms with Gasteiger partial charge in [0.25, 0.3) is 10.0 Å². The fraction of sp³-hybridized carbons (Fsp3) is 0.370. The Morgan fingerprint density at radius 1 is 1.27 bits per heavy atom. The first-order valence-electron chi connectivity index (χ1n) is 12.0. The van der Waals surface area contributed by atoms with E-state index in [-0.39, 0.29) is 16.3 Å². The summed E-state index contributed by atoms with van der Waals surface area (Å²) in [5, 5.41) is 5.06. The van der Waals surface area contributed by atoms with Gasteiger partial charge in [0.05, 0.1) is 10.9 Å². The van der Waals surface area contributed by atoms with Crippen molar-refractivity contribution in [2.75, 3.05) is 5.32 Å². The second-order valence-electron chi connectivity index (χ2n) is 9.94. The van der Waals surface area contributed by atoms with E-state index in [0.29, 0.717) is 28.2 Å². The number of aromatic nitrogens is 1. The molecule has 0 bridgehead atoms. The van der Waals surface area contributed by atoms with Gasteiger partial charge in [0.1, 0.15) is 17.7 Å². The van der Waals surface area contributed by atoms with Crippen LogP contribution >= 0.6 is 11.3 Å². The predicted molar refractivity (Wildman–Crippen MR) is 148 cm³/mol. The molecule has 0 saturated heterocycles. The highest BCUT2D eigenvalue weighted by Crippen LogP contribution is 2.42. The normalized spacial score (nSPS) is 15.7. The third-order valence-electron chi connectivity index (χ3n) is 6.71. The van der Waals surface area contributed by atoms with E-state index in [0.717, 1.165) is 35.3 Å². The van der Waals surface area contributed by atoms with Crippen molar-refractivity contribution in [1.29, 1.82) is 0 Å². The number of benzene rings is 2. The molecule has 0 aliphatic carbocycles. The molecule has 4 rings (SSSR count). The van der Waals surface area contributed by atoms with Crippen LogP contribution in [0.2, 0.25) is 0 Å². The van der Waals surface area contributed by atoms with Crippen LogP contribution < -0.4 is 15.8 Å². The van der Waals surface area contributed by atoms with Crippen molar-refractivity contribution in [2.24, 2.45) is 10.1 Å². The highest BCUT2D eigenvalue weighted by molar-refractivity contribution is 7.90. The Balaban J connectivity index is 1.51. The molecule has 0 amide bonds. The number of carbonyl (C=O) groups is 1. The second kappa shape index (κ2) is 10.4. The quantitative estimate of drug-likeness (QED) is 0.240. The van der Waals surface area contributed by atoms with Gasteiger partial charge in [-0.05, 0) is 93.8 Å². The van der Waals surface area contributed by atoms with Gasteiger partial charge in [-0.25, -0.2) is 4.98 Å². The molecule has 0 spiro atoms. The smallest absolute Gasteiger partial charge is 0.284 e. The molecular formula is C27H32N4O4S2. The Labute approximate surface area is 222 Å². The van der Waals surface area contributed by atoms with Gasteiger partial charge in [-0.1, -0.05) is 12.1 Å². The third kappa shape index (κ3) is 5.76. The molecule has 0 fully saturated rings. The van der Waals surface area contributed by atoms with E-state index in [9.17, 15) is 13.2 Å². The maximum absolute atomic E-state index is 13.3. The van der Waals surface area contributed by atoms with Crippen LogP contribution in [0.3, 0.4) is 0 Å². The molecule has 1 aliphatic rings. The summed E-state index contributed by atoms with van der Waals surface area (Å²) in [5.41, 5.74) is 10.4. The minimum atomic E-state index is -3.96. The van der Waals surface area contributed by atoms with E-state index in [2.05, 4.69) is 14.7 Å². The van der Waals surface area contributed by atoms with Crippen molar-refractivity contribution in [2.45, 2.75) is 70.4 Å². The van der Waals surface area contributed by atoms with Crippen LogP contribution in [0.15, 0.2) is 45.1 Å². The Hall–Kier alpha value is -3.08. The molecule has 0 saturated carbocycles. The number of nitrogens with two attached hydrogens (primary N) is 1. The van der Waals surface area contributed by atoms with Crippen molar-refractivity contribution in [3.05, 3.63) is 68.7 Å². The van der Waals surface area contributed by atoms with E-state index in [1.807, 2.05) is 45.9 Å². The Bertz CT molecular complexity index is 1460. The van der Waals surface area contributed by atoms with Crippen LogP contribution in [0.1, 0.15) is 57.9 Å². The lowest BCUT2D eigenvalue weighted by Crippen LogP contribution is -2.33. The molecule has 1 aromatic heterocycles. The summed E-state index contributed by atoms with van der Waals surface area (Å²) in [4.78, 5) is 16.7. The van der Waals surface area contributed by atoms with E-state index < -0.39 is 16.1 Å². The Kier molecular flexibility index (Phi) is 7.55. The number of nitrogens with one attached hydrogen (secondary N) is 1. The average molecular weight is 541 g/mol. The zero-order valence-electron chi connectivity index (χ0n) is 21.7. The van der Waals surface area contributed by atoms with Crippen LogP contribution in [-0.2, 0) is 22.9 Å². The summed E-state index contributed by atoms with van der Waals surface area (Å²) in [6.45, 7) is 9.60. The highest BCUT2D eigenvalue weighted by Gasteiger charge is 2.33. The van der Waals surface area contributed by atoms with Crippen LogP contribution in [-0.4, -0.2) is 37.2 Å². The topological polar surface area (TPSA) is 124 Å². The van der Waals surface area contributed by atoms with Crippen molar-refractivity contribution in [1.82, 2.24) is 4.98 Å². The van der Waals surface area contributed by atoms with Gasteiger partial charge in [-0.3, -0.25) is 4.79 Å². The molecule has 0 unspecified atom stereocenters. The maximum atomic E-state index is 13.3. The predicted octanol–water partition coefficient (Wildman–Crippen LogP) is 4.75. The molecule has 2 heterocycles. The summed E-state index contributed by atoms with van der Waals surface area (Å²) in [5.74, 6) is 0.580. The van der Waals surface area contributed by atoms with Gasteiger partial charge < -0.3 is 15.8 Å². The molecule has 0 radical (unpaired) electrons. The van der Waals surface area contributed by atoms with Crippen molar-refractivity contribution in [3.63, 3.8) is 0 Å². The number of fused-ring (bicyclic) bond motifs is 1. The summed E-state index contributed by atoms with van der Waals surface area (Å²) in [6.07, 6.45) is 4.64. The van der Waals surface area contributed by atoms with Crippen molar-refractivity contribution < 1.29 is 17.9 Å². The summed E-state index contributed by atoms with van der Waals surface area (Å²) in [6, 6.07) is 6.55. The standard InChI is InChI=1S/C27H32N4O4S2/c1-16-17(2)25(18(3)21-9-10-27(4,5)35-24(16)21)37(33,34)31-15-30-20-8-6-7-19(13-20)14-22(28)23(32)26-29-11-12-36-26/h6-8,11-13,15,22H,9-10,14,28H2,1-5H3,(H,30,31)/t22-/m0/s1. The lowest BCUT2D eigenvalue weighted by atomic mass is 9.88. The first-order valence-corrected chi connectivity index (χ1v) is 14.4. The Morgan fingerprint density at radius 3 is 2.73 bits per heavy atom. The number of nitrogens with zero attached hydrogens (tertiary/aromatic N) is 2. The van der Waals surface area contributed by atoms with Crippen LogP contribution in [0.25, 0.3) is 0 Å². The first kappa shape index (κ1) is 27.0. The van der Waals surface area contributed by atoms with Gasteiger partial charge in [0.15, 0.2) is 5.01 Å². The molecule has 37 heavy (non-hydrogen) atoms. The van der Waals surface area contributed by atoms with Crippen LogP contribution in [0.5, 0.6) is 5.75 Å². The summed E-state index contributed by atoms with van der Waals surface area (Å²) < 4.78 is 36.7. The molecule has 3 N–H and O–H groups in total. The number of ketones is 1. The maximum Gasteiger partial charge on any atom is 0.284 e. The van der Waals surface area contributed by atoms with Gasteiger partial charge in [0.2, 0.25) is 5.78 Å². The van der Waals surface area contributed by atoms with E-state index in [1.54, 1.807) is 24.6 Å². The van der Waals surface area contributed by atoms with Gasteiger partial charge in [-0.15, -0.1) is 15.7 Å². The van der Waals surface area contributed by atoms with Gasteiger partial charge in [-0.2, -0.15) is 8.42 Å². The van der Waals surface area contributed by atoms with Crippen LogP contribution in [0, 0.1) is 20.8 Å². The number of sulfonamides is 1. The number of anilines is 1. The lowest BCUT2D eigenvalue weighted by Gasteiger charge is -2.35. The van der Waals surface area contributed by atoms with E-state index in [4.69, 9.17) is 10.5 Å². The first-order chi connectivity index (χ1) is 17.4. The zero-order valence-corrected chi connectivity index (χ0v) is 23.3. The minimum absolute atomic E-state index is 0.207.